The van der Waals surface area contributed by atoms with Crippen molar-refractivity contribution in [3.05, 3.63) is 62.3 Å². The molecule has 0 atom stereocenters. The van der Waals surface area contributed by atoms with E-state index in [-0.39, 0.29) is 24.4 Å². The standard InChI is InChI=1S/C25H30ClFN4O2S/c26-20-7-6-19(21(27)14-20)15-29-23(32)22-16-34-24(30-22)18-9-12-31(13-10-18)25(33)28-11-8-17-4-2-1-3-5-17/h4,6-7,14,16,18H,1-3,5,8-13,15H2,(H,28,33)(H,29,32). The number of benzene rings is 1. The molecule has 1 aromatic carbocycles. The summed E-state index contributed by atoms with van der Waals surface area (Å²) in [5, 5.41) is 8.73. The number of rotatable bonds is 7. The number of urea groups is 1. The lowest BCUT2D eigenvalue weighted by Crippen LogP contribution is -2.44. The van der Waals surface area contributed by atoms with E-state index in [9.17, 15) is 14.0 Å². The minimum Gasteiger partial charge on any atom is -0.346 e. The van der Waals surface area contributed by atoms with Crippen molar-refractivity contribution >= 4 is 34.9 Å². The average molecular weight is 505 g/mol. The highest BCUT2D eigenvalue weighted by Crippen LogP contribution is 2.30. The summed E-state index contributed by atoms with van der Waals surface area (Å²) < 4.78 is 13.9. The van der Waals surface area contributed by atoms with Gasteiger partial charge in [-0.3, -0.25) is 4.79 Å². The number of hydrogen-bond acceptors (Lipinski definition) is 4. The second-order valence-corrected chi connectivity index (χ2v) is 10.2. The zero-order valence-corrected chi connectivity index (χ0v) is 20.7. The fraction of sp³-hybridized carbons (Fsp3) is 0.480. The van der Waals surface area contributed by atoms with Gasteiger partial charge in [0.2, 0.25) is 0 Å². The fourth-order valence-electron chi connectivity index (χ4n) is 4.41. The number of likely N-dealkylation sites (tertiary alicyclic amines) is 1. The predicted molar refractivity (Wildman–Crippen MR) is 133 cm³/mol. The molecule has 182 valence electrons. The third kappa shape index (κ3) is 6.57. The SMILES string of the molecule is O=C(NCc1ccc(Cl)cc1F)c1csc(C2CCN(C(=O)NCCC3=CCCCC3)CC2)n1. The largest absolute Gasteiger partial charge is 0.346 e. The Morgan fingerprint density at radius 2 is 2.03 bits per heavy atom. The number of aromatic nitrogens is 1. The number of hydrogen-bond donors (Lipinski definition) is 2. The molecule has 4 rings (SSSR count). The van der Waals surface area contributed by atoms with Crippen LogP contribution in [0.5, 0.6) is 0 Å². The molecule has 0 radical (unpaired) electrons. The van der Waals surface area contributed by atoms with Crippen molar-refractivity contribution in [3.8, 4) is 0 Å². The number of allylic oxidation sites excluding steroid dienone is 1. The van der Waals surface area contributed by atoms with Gasteiger partial charge in [-0.1, -0.05) is 29.3 Å². The number of nitrogens with one attached hydrogen (secondary N) is 2. The Balaban J connectivity index is 1.21. The fourth-order valence-corrected chi connectivity index (χ4v) is 5.54. The third-order valence-corrected chi connectivity index (χ3v) is 7.69. The zero-order valence-electron chi connectivity index (χ0n) is 19.1. The average Bonchev–Trinajstić information content (AvgIpc) is 3.35. The smallest absolute Gasteiger partial charge is 0.317 e. The molecule has 0 saturated carbocycles. The number of nitrogens with zero attached hydrogens (tertiary/aromatic N) is 2. The first kappa shape index (κ1) is 24.7. The molecule has 1 aliphatic heterocycles. The first-order chi connectivity index (χ1) is 16.5. The minimum atomic E-state index is -0.450. The number of carbonyl (C=O) groups is 2. The van der Waals surface area contributed by atoms with E-state index in [1.165, 1.54) is 35.8 Å². The van der Waals surface area contributed by atoms with Gasteiger partial charge in [0.15, 0.2) is 0 Å². The molecular formula is C25H30ClFN4O2S. The van der Waals surface area contributed by atoms with Gasteiger partial charge in [0.05, 0.1) is 5.01 Å². The Kier molecular flexibility index (Phi) is 8.56. The summed E-state index contributed by atoms with van der Waals surface area (Å²) >= 11 is 7.23. The molecule has 1 fully saturated rings. The maximum Gasteiger partial charge on any atom is 0.317 e. The van der Waals surface area contributed by atoms with Crippen LogP contribution in [0.25, 0.3) is 0 Å². The Morgan fingerprint density at radius 3 is 2.76 bits per heavy atom. The van der Waals surface area contributed by atoms with E-state index in [1.807, 2.05) is 4.90 Å². The molecule has 1 aromatic heterocycles. The third-order valence-electron chi connectivity index (χ3n) is 6.45. The maximum absolute atomic E-state index is 13.9. The van der Waals surface area contributed by atoms with Crippen LogP contribution in [0, 0.1) is 5.82 Å². The summed E-state index contributed by atoms with van der Waals surface area (Å²) in [6.45, 7) is 2.11. The van der Waals surface area contributed by atoms with Crippen molar-refractivity contribution in [2.45, 2.75) is 57.4 Å². The normalized spacial score (nSPS) is 16.8. The Morgan fingerprint density at radius 1 is 1.21 bits per heavy atom. The molecule has 34 heavy (non-hydrogen) atoms. The predicted octanol–water partition coefficient (Wildman–Crippen LogP) is 5.65. The number of carbonyl (C=O) groups excluding carboxylic acids is 2. The maximum atomic E-state index is 13.9. The van der Waals surface area contributed by atoms with Crippen LogP contribution in [-0.4, -0.2) is 41.5 Å². The summed E-state index contributed by atoms with van der Waals surface area (Å²) in [6.07, 6.45) is 9.77. The van der Waals surface area contributed by atoms with Crippen LogP contribution >= 0.6 is 22.9 Å². The molecule has 2 aromatic rings. The highest BCUT2D eigenvalue weighted by Gasteiger charge is 2.26. The van der Waals surface area contributed by atoms with Crippen LogP contribution < -0.4 is 10.6 Å². The van der Waals surface area contributed by atoms with Crippen LogP contribution in [0.15, 0.2) is 35.2 Å². The molecule has 0 unspecified atom stereocenters. The minimum absolute atomic E-state index is 0.00324. The summed E-state index contributed by atoms with van der Waals surface area (Å²) in [5.74, 6) is -0.549. The van der Waals surface area contributed by atoms with Crippen LogP contribution in [0.1, 0.15) is 71.9 Å². The molecule has 6 nitrogen and oxygen atoms in total. The number of thiazole rings is 1. The van der Waals surface area contributed by atoms with Crippen molar-refractivity contribution in [2.24, 2.45) is 0 Å². The summed E-state index contributed by atoms with van der Waals surface area (Å²) in [7, 11) is 0. The Labute approximate surface area is 208 Å². The van der Waals surface area contributed by atoms with Crippen molar-refractivity contribution < 1.29 is 14.0 Å². The van der Waals surface area contributed by atoms with Crippen LogP contribution in [0.2, 0.25) is 5.02 Å². The number of piperidine rings is 1. The molecule has 1 saturated heterocycles. The van der Waals surface area contributed by atoms with Gasteiger partial charge >= 0.3 is 6.03 Å². The van der Waals surface area contributed by atoms with Crippen LogP contribution in [-0.2, 0) is 6.54 Å². The van der Waals surface area contributed by atoms with Gasteiger partial charge in [-0.25, -0.2) is 14.2 Å². The monoisotopic (exact) mass is 504 g/mol. The first-order valence-corrected chi connectivity index (χ1v) is 13.1. The summed E-state index contributed by atoms with van der Waals surface area (Å²) in [6, 6.07) is 4.38. The van der Waals surface area contributed by atoms with Gasteiger partial charge in [-0.2, -0.15) is 0 Å². The van der Waals surface area contributed by atoms with Gasteiger partial charge in [0, 0.05) is 48.1 Å². The van der Waals surface area contributed by atoms with E-state index in [1.54, 1.807) is 17.5 Å². The van der Waals surface area contributed by atoms with Gasteiger partial charge < -0.3 is 15.5 Å². The van der Waals surface area contributed by atoms with Gasteiger partial charge in [-0.15, -0.1) is 11.3 Å². The number of amides is 3. The zero-order chi connectivity index (χ0) is 23.9. The molecule has 0 spiro atoms. The highest BCUT2D eigenvalue weighted by atomic mass is 35.5. The van der Waals surface area contributed by atoms with Crippen molar-refractivity contribution in [2.75, 3.05) is 19.6 Å². The van der Waals surface area contributed by atoms with E-state index >= 15 is 0 Å². The van der Waals surface area contributed by atoms with Gasteiger partial charge in [-0.05, 0) is 57.1 Å². The highest BCUT2D eigenvalue weighted by molar-refractivity contribution is 7.09. The van der Waals surface area contributed by atoms with Gasteiger partial charge in [0.25, 0.3) is 5.91 Å². The van der Waals surface area contributed by atoms with E-state index in [4.69, 9.17) is 11.6 Å². The van der Waals surface area contributed by atoms with E-state index in [2.05, 4.69) is 21.7 Å². The lowest BCUT2D eigenvalue weighted by molar-refractivity contribution is 0.0946. The Hall–Kier alpha value is -2.45. The van der Waals surface area contributed by atoms with E-state index in [0.29, 0.717) is 35.9 Å². The molecule has 2 N–H and O–H groups in total. The quantitative estimate of drug-likeness (QED) is 0.479. The van der Waals surface area contributed by atoms with Crippen molar-refractivity contribution in [3.63, 3.8) is 0 Å². The van der Waals surface area contributed by atoms with Crippen LogP contribution in [0.3, 0.4) is 0 Å². The lowest BCUT2D eigenvalue weighted by Gasteiger charge is -2.31. The molecule has 0 bridgehead atoms. The molecular weight excluding hydrogens is 475 g/mol. The number of halogens is 2. The summed E-state index contributed by atoms with van der Waals surface area (Å²) in [4.78, 5) is 31.4. The molecule has 2 heterocycles. The lowest BCUT2D eigenvalue weighted by atomic mass is 9.97. The second-order valence-electron chi connectivity index (χ2n) is 8.84. The van der Waals surface area contributed by atoms with Gasteiger partial charge in [0.1, 0.15) is 11.5 Å². The van der Waals surface area contributed by atoms with E-state index < -0.39 is 5.82 Å². The molecule has 2 aliphatic rings. The topological polar surface area (TPSA) is 74.3 Å². The Bertz CT molecular complexity index is 1050. The molecule has 3 amide bonds. The summed E-state index contributed by atoms with van der Waals surface area (Å²) in [5.41, 5.74) is 2.17. The molecule has 1 aliphatic carbocycles. The van der Waals surface area contributed by atoms with Crippen molar-refractivity contribution in [1.82, 2.24) is 20.5 Å². The molecule has 9 heteroatoms. The second kappa shape index (κ2) is 11.8. The van der Waals surface area contributed by atoms with E-state index in [0.717, 1.165) is 37.1 Å². The van der Waals surface area contributed by atoms with Crippen molar-refractivity contribution in [1.29, 1.82) is 0 Å². The van der Waals surface area contributed by atoms with Crippen LogP contribution in [0.4, 0.5) is 9.18 Å². The first-order valence-electron chi connectivity index (χ1n) is 11.9.